The molecule has 2 aromatic rings. The molecule has 0 bridgehead atoms. The second-order valence-corrected chi connectivity index (χ2v) is 10.4. The molecule has 0 radical (unpaired) electrons. The number of aliphatic imine (C=N–C) groups is 1. The number of fused-ring (bicyclic) bond motifs is 1. The van der Waals surface area contributed by atoms with Crippen LogP contribution in [-0.2, 0) is 9.47 Å². The van der Waals surface area contributed by atoms with Gasteiger partial charge >= 0.3 is 0 Å². The quantitative estimate of drug-likeness (QED) is 0.738. The zero-order chi connectivity index (χ0) is 19.0. The molecule has 148 valence electrons. The van der Waals surface area contributed by atoms with Crippen LogP contribution in [0.3, 0.4) is 0 Å². The predicted molar refractivity (Wildman–Crippen MR) is 114 cm³/mol. The van der Waals surface area contributed by atoms with Gasteiger partial charge in [-0.2, -0.15) is 5.10 Å². The Morgan fingerprint density at radius 3 is 2.11 bits per heavy atom. The van der Waals surface area contributed by atoms with Crippen LogP contribution in [0.1, 0.15) is 5.69 Å². The van der Waals surface area contributed by atoms with E-state index in [0.29, 0.717) is 0 Å². The van der Waals surface area contributed by atoms with Gasteiger partial charge in [-0.05, 0) is 24.9 Å². The SMILES string of the molecule is Cc1nn(-c2ccccc2)c2c1P(N1CCOCC1)(N1CCOCC1)=CC=N2. The minimum absolute atomic E-state index is 0.776. The van der Waals surface area contributed by atoms with Crippen LogP contribution < -0.4 is 5.30 Å². The molecule has 4 heterocycles. The smallest absolute Gasteiger partial charge is 0.166 e. The van der Waals surface area contributed by atoms with E-state index in [9.17, 15) is 0 Å². The maximum absolute atomic E-state index is 5.68. The molecular formula is C20H26N5O2P. The highest BCUT2D eigenvalue weighted by Crippen LogP contribution is 2.57. The Hall–Kier alpha value is -1.76. The highest BCUT2D eigenvalue weighted by atomic mass is 31.2. The first-order valence-electron chi connectivity index (χ1n) is 9.90. The van der Waals surface area contributed by atoms with Gasteiger partial charge < -0.3 is 9.47 Å². The monoisotopic (exact) mass is 399 g/mol. The minimum atomic E-state index is -1.92. The van der Waals surface area contributed by atoms with Crippen LogP contribution in [0.15, 0.2) is 35.3 Å². The standard InChI is InChI=1S/C20H26N5O2P/c1-17-19-20(25(22-17)18-5-3-2-4-6-18)21-7-16-28(19,23-8-12-26-13-9-23)24-10-14-27-15-11-24/h2-7,16H,8-15H2,1H3. The number of hydrogen-bond donors (Lipinski definition) is 0. The van der Waals surface area contributed by atoms with Crippen molar-refractivity contribution in [2.24, 2.45) is 4.99 Å². The summed E-state index contributed by atoms with van der Waals surface area (Å²) in [6.07, 6.45) is 2.00. The van der Waals surface area contributed by atoms with Crippen molar-refractivity contribution in [3.05, 3.63) is 36.0 Å². The van der Waals surface area contributed by atoms with E-state index >= 15 is 0 Å². The van der Waals surface area contributed by atoms with Gasteiger partial charge in [-0.3, -0.25) is 9.34 Å². The van der Waals surface area contributed by atoms with E-state index in [0.717, 1.165) is 69.8 Å². The van der Waals surface area contributed by atoms with Crippen LogP contribution in [-0.4, -0.2) is 83.7 Å². The molecule has 2 fully saturated rings. The molecule has 28 heavy (non-hydrogen) atoms. The van der Waals surface area contributed by atoms with Crippen molar-refractivity contribution in [2.45, 2.75) is 6.92 Å². The lowest BCUT2D eigenvalue weighted by molar-refractivity contribution is 0.0587. The summed E-state index contributed by atoms with van der Waals surface area (Å²) in [4.78, 5) is 4.81. The average Bonchev–Trinajstić information content (AvgIpc) is 3.13. The van der Waals surface area contributed by atoms with Gasteiger partial charge in [-0.15, -0.1) is 0 Å². The molecule has 3 aliphatic rings. The summed E-state index contributed by atoms with van der Waals surface area (Å²) < 4.78 is 18.6. The van der Waals surface area contributed by atoms with Gasteiger partial charge in [0.25, 0.3) is 0 Å². The number of aryl methyl sites for hydroxylation is 1. The molecule has 0 aliphatic carbocycles. The largest absolute Gasteiger partial charge is 0.379 e. The maximum atomic E-state index is 5.68. The zero-order valence-corrected chi connectivity index (χ0v) is 17.1. The molecule has 0 N–H and O–H groups in total. The lowest BCUT2D eigenvalue weighted by Crippen LogP contribution is -2.48. The van der Waals surface area contributed by atoms with Crippen LogP contribution in [0.2, 0.25) is 0 Å². The van der Waals surface area contributed by atoms with Crippen molar-refractivity contribution in [3.8, 4) is 5.69 Å². The summed E-state index contributed by atoms with van der Waals surface area (Å²) in [6, 6.07) is 10.3. The summed E-state index contributed by atoms with van der Waals surface area (Å²) in [5.41, 5.74) is 2.12. The summed E-state index contributed by atoms with van der Waals surface area (Å²) in [6.45, 7) is 8.97. The van der Waals surface area contributed by atoms with Gasteiger partial charge in [0.2, 0.25) is 0 Å². The Labute approximate surface area is 165 Å². The third-order valence-electron chi connectivity index (χ3n) is 5.64. The van der Waals surface area contributed by atoms with Gasteiger partial charge in [0, 0.05) is 32.4 Å². The Morgan fingerprint density at radius 2 is 1.50 bits per heavy atom. The van der Waals surface area contributed by atoms with Crippen LogP contribution >= 0.6 is 7.19 Å². The first-order chi connectivity index (χ1) is 13.8. The average molecular weight is 399 g/mol. The number of para-hydroxylation sites is 1. The summed E-state index contributed by atoms with van der Waals surface area (Å²) in [7, 11) is -1.92. The van der Waals surface area contributed by atoms with E-state index in [4.69, 9.17) is 19.6 Å². The van der Waals surface area contributed by atoms with Crippen LogP contribution in [0.4, 0.5) is 5.82 Å². The van der Waals surface area contributed by atoms with Crippen LogP contribution in [0.5, 0.6) is 0 Å². The number of nitrogens with zero attached hydrogens (tertiary/aromatic N) is 5. The summed E-state index contributed by atoms with van der Waals surface area (Å²) in [5.74, 6) is 3.33. The fourth-order valence-corrected chi connectivity index (χ4v) is 8.61. The van der Waals surface area contributed by atoms with E-state index in [1.165, 1.54) is 5.30 Å². The maximum Gasteiger partial charge on any atom is 0.166 e. The third-order valence-corrected chi connectivity index (χ3v) is 9.90. The van der Waals surface area contributed by atoms with Crippen molar-refractivity contribution in [1.29, 1.82) is 0 Å². The van der Waals surface area contributed by atoms with Crippen LogP contribution in [0.25, 0.3) is 5.69 Å². The van der Waals surface area contributed by atoms with E-state index in [2.05, 4.69) is 34.2 Å². The molecule has 0 spiro atoms. The van der Waals surface area contributed by atoms with Gasteiger partial charge in [0.15, 0.2) is 5.82 Å². The molecule has 8 heteroatoms. The van der Waals surface area contributed by atoms with E-state index in [1.54, 1.807) is 0 Å². The minimum Gasteiger partial charge on any atom is -0.379 e. The summed E-state index contributed by atoms with van der Waals surface area (Å²) >= 11 is 0. The molecule has 0 unspecified atom stereocenters. The second-order valence-electron chi connectivity index (χ2n) is 7.21. The highest BCUT2D eigenvalue weighted by molar-refractivity contribution is 7.79. The number of aromatic nitrogens is 2. The molecule has 0 saturated carbocycles. The van der Waals surface area contributed by atoms with Gasteiger partial charge in [-0.1, -0.05) is 18.2 Å². The van der Waals surface area contributed by atoms with Crippen molar-refractivity contribution >= 4 is 30.3 Å². The topological polar surface area (TPSA) is 55.1 Å². The Morgan fingerprint density at radius 1 is 0.893 bits per heavy atom. The lowest BCUT2D eigenvalue weighted by Gasteiger charge is -2.48. The predicted octanol–water partition coefficient (Wildman–Crippen LogP) is 1.84. The van der Waals surface area contributed by atoms with E-state index < -0.39 is 7.19 Å². The molecule has 7 nitrogen and oxygen atoms in total. The summed E-state index contributed by atoms with van der Waals surface area (Å²) in [5, 5.41) is 6.24. The highest BCUT2D eigenvalue weighted by Gasteiger charge is 2.41. The third kappa shape index (κ3) is 2.90. The number of morpholine rings is 2. The molecule has 2 saturated heterocycles. The number of rotatable bonds is 3. The Balaban J connectivity index is 1.70. The number of hydrogen-bond acceptors (Lipinski definition) is 6. The van der Waals surface area contributed by atoms with Crippen molar-refractivity contribution in [1.82, 2.24) is 19.1 Å². The molecule has 0 amide bonds. The zero-order valence-electron chi connectivity index (χ0n) is 16.2. The van der Waals surface area contributed by atoms with Gasteiger partial charge in [0.05, 0.1) is 50.3 Å². The lowest BCUT2D eigenvalue weighted by atomic mass is 10.3. The van der Waals surface area contributed by atoms with Crippen LogP contribution in [0, 0.1) is 6.92 Å². The van der Waals surface area contributed by atoms with Crippen molar-refractivity contribution < 1.29 is 9.47 Å². The molecule has 0 atom stereocenters. The van der Waals surface area contributed by atoms with E-state index in [-0.39, 0.29) is 0 Å². The van der Waals surface area contributed by atoms with Crippen molar-refractivity contribution in [3.63, 3.8) is 0 Å². The molecule has 3 aliphatic heterocycles. The fraction of sp³-hybridized carbons (Fsp3) is 0.450. The second kappa shape index (κ2) is 7.58. The van der Waals surface area contributed by atoms with E-state index in [1.807, 2.05) is 29.1 Å². The molecule has 5 rings (SSSR count). The number of ether oxygens (including phenoxy) is 2. The Kier molecular flexibility index (Phi) is 4.95. The molecule has 1 aromatic heterocycles. The normalized spacial score (nSPS) is 22.6. The van der Waals surface area contributed by atoms with Gasteiger partial charge in [-0.25, -0.2) is 9.67 Å². The molecular weight excluding hydrogens is 373 g/mol. The number of benzene rings is 1. The molecule has 1 aromatic carbocycles. The van der Waals surface area contributed by atoms with Crippen molar-refractivity contribution in [2.75, 3.05) is 52.6 Å². The Bertz CT molecular complexity index is 906. The first-order valence-corrected chi connectivity index (χ1v) is 11.7. The fourth-order valence-electron chi connectivity index (χ4n) is 4.40. The van der Waals surface area contributed by atoms with Gasteiger partial charge in [0.1, 0.15) is 0 Å². The first kappa shape index (κ1) is 18.3.